The minimum absolute atomic E-state index is 0.0908. The van der Waals surface area contributed by atoms with Crippen LogP contribution in [0, 0.1) is 5.92 Å². The molecule has 1 amide bonds. The Bertz CT molecular complexity index is 662. The molecule has 0 radical (unpaired) electrons. The summed E-state index contributed by atoms with van der Waals surface area (Å²) in [4.78, 5) is 25.1. The molecule has 0 atom stereocenters. The van der Waals surface area contributed by atoms with Gasteiger partial charge in [0.25, 0.3) is 0 Å². The summed E-state index contributed by atoms with van der Waals surface area (Å²) in [7, 11) is 0. The Morgan fingerprint density at radius 1 is 1.29 bits per heavy atom. The number of hydrogen-bond acceptors (Lipinski definition) is 6. The van der Waals surface area contributed by atoms with E-state index in [9.17, 15) is 4.79 Å². The molecule has 0 saturated carbocycles. The minimum atomic E-state index is 0.0908. The summed E-state index contributed by atoms with van der Waals surface area (Å²) in [6.45, 7) is 4.25. The molecule has 2 fully saturated rings. The average Bonchev–Trinajstić information content (AvgIpc) is 2.96. The second kappa shape index (κ2) is 5.23. The van der Waals surface area contributed by atoms with Gasteiger partial charge in [0, 0.05) is 26.2 Å². The van der Waals surface area contributed by atoms with Gasteiger partial charge in [-0.05, 0) is 11.4 Å². The molecule has 0 bridgehead atoms. The SMILES string of the molecule is O=C(C1CN(c2ncnc3ccsc23)C1)N1CCOCC1. The monoisotopic (exact) mass is 304 g/mol. The van der Waals surface area contributed by atoms with Crippen LogP contribution in [0.2, 0.25) is 0 Å². The van der Waals surface area contributed by atoms with Gasteiger partial charge in [0.15, 0.2) is 0 Å². The van der Waals surface area contributed by atoms with Crippen LogP contribution < -0.4 is 4.90 Å². The molecule has 2 aliphatic heterocycles. The van der Waals surface area contributed by atoms with Crippen LogP contribution >= 0.6 is 11.3 Å². The van der Waals surface area contributed by atoms with Crippen molar-refractivity contribution >= 4 is 33.3 Å². The van der Waals surface area contributed by atoms with Gasteiger partial charge < -0.3 is 14.5 Å². The van der Waals surface area contributed by atoms with Crippen LogP contribution in [-0.2, 0) is 9.53 Å². The number of rotatable bonds is 2. The van der Waals surface area contributed by atoms with Crippen LogP contribution in [0.4, 0.5) is 5.82 Å². The van der Waals surface area contributed by atoms with E-state index in [1.165, 1.54) is 0 Å². The zero-order chi connectivity index (χ0) is 14.2. The highest BCUT2D eigenvalue weighted by Crippen LogP contribution is 2.32. The van der Waals surface area contributed by atoms with E-state index < -0.39 is 0 Å². The summed E-state index contributed by atoms with van der Waals surface area (Å²) < 4.78 is 6.40. The van der Waals surface area contributed by atoms with Crippen LogP contribution in [-0.4, -0.2) is 60.2 Å². The number of aromatic nitrogens is 2. The van der Waals surface area contributed by atoms with E-state index >= 15 is 0 Å². The van der Waals surface area contributed by atoms with Gasteiger partial charge in [-0.15, -0.1) is 11.3 Å². The summed E-state index contributed by atoms with van der Waals surface area (Å²) >= 11 is 1.65. The number of fused-ring (bicyclic) bond motifs is 1. The van der Waals surface area contributed by atoms with Gasteiger partial charge in [0.1, 0.15) is 12.1 Å². The lowest BCUT2D eigenvalue weighted by Crippen LogP contribution is -2.56. The molecule has 2 aliphatic rings. The molecule has 2 saturated heterocycles. The maximum Gasteiger partial charge on any atom is 0.229 e. The number of amides is 1. The Balaban J connectivity index is 1.45. The predicted molar refractivity (Wildman–Crippen MR) is 80.5 cm³/mol. The molecule has 0 unspecified atom stereocenters. The average molecular weight is 304 g/mol. The van der Waals surface area contributed by atoms with Gasteiger partial charge in [0.2, 0.25) is 5.91 Å². The fraction of sp³-hybridized carbons (Fsp3) is 0.500. The Labute approximate surface area is 126 Å². The first-order valence-corrected chi connectivity index (χ1v) is 8.00. The molecule has 21 heavy (non-hydrogen) atoms. The van der Waals surface area contributed by atoms with Gasteiger partial charge in [0.05, 0.1) is 29.3 Å². The summed E-state index contributed by atoms with van der Waals surface area (Å²) in [5.41, 5.74) is 0.980. The molecule has 110 valence electrons. The summed E-state index contributed by atoms with van der Waals surface area (Å²) in [5.74, 6) is 1.31. The predicted octanol–water partition coefficient (Wildman–Crippen LogP) is 0.986. The Hall–Kier alpha value is -1.73. The first kappa shape index (κ1) is 13.0. The third-order valence-electron chi connectivity index (χ3n) is 4.08. The van der Waals surface area contributed by atoms with Crippen molar-refractivity contribution in [2.45, 2.75) is 0 Å². The van der Waals surface area contributed by atoms with Crippen molar-refractivity contribution in [3.05, 3.63) is 17.8 Å². The molecule has 0 aromatic carbocycles. The third kappa shape index (κ3) is 2.26. The zero-order valence-electron chi connectivity index (χ0n) is 11.6. The molecule has 4 rings (SSSR count). The smallest absolute Gasteiger partial charge is 0.229 e. The van der Waals surface area contributed by atoms with Crippen molar-refractivity contribution in [1.82, 2.24) is 14.9 Å². The Morgan fingerprint density at radius 3 is 2.90 bits per heavy atom. The zero-order valence-corrected chi connectivity index (χ0v) is 12.4. The number of anilines is 1. The quantitative estimate of drug-likeness (QED) is 0.828. The Kier molecular flexibility index (Phi) is 3.23. The van der Waals surface area contributed by atoms with E-state index in [0.29, 0.717) is 13.2 Å². The van der Waals surface area contributed by atoms with Crippen LogP contribution in [0.1, 0.15) is 0 Å². The lowest BCUT2D eigenvalue weighted by atomic mass is 9.98. The van der Waals surface area contributed by atoms with Crippen molar-refractivity contribution < 1.29 is 9.53 Å². The van der Waals surface area contributed by atoms with Crippen LogP contribution in [0.25, 0.3) is 10.2 Å². The third-order valence-corrected chi connectivity index (χ3v) is 4.98. The van der Waals surface area contributed by atoms with Gasteiger partial charge in [-0.25, -0.2) is 9.97 Å². The van der Waals surface area contributed by atoms with Gasteiger partial charge in [-0.1, -0.05) is 0 Å². The molecule has 7 heteroatoms. The second-order valence-corrected chi connectivity index (χ2v) is 6.29. The van der Waals surface area contributed by atoms with Crippen molar-refractivity contribution in [3.63, 3.8) is 0 Å². The standard InChI is InChI=1S/C14H16N4O2S/c19-14(17-2-4-20-5-3-17)10-7-18(8-10)13-12-11(1-6-21-12)15-9-16-13/h1,6,9-10H,2-5,7-8H2. The number of morpholine rings is 1. The van der Waals surface area contributed by atoms with E-state index in [-0.39, 0.29) is 11.8 Å². The van der Waals surface area contributed by atoms with Gasteiger partial charge >= 0.3 is 0 Å². The molecule has 2 aromatic rings. The van der Waals surface area contributed by atoms with Crippen LogP contribution in [0.15, 0.2) is 17.8 Å². The summed E-state index contributed by atoms with van der Waals surface area (Å²) in [5, 5.41) is 2.03. The molecule has 0 N–H and O–H groups in total. The fourth-order valence-electron chi connectivity index (χ4n) is 2.85. The maximum atomic E-state index is 12.4. The fourth-order valence-corrected chi connectivity index (χ4v) is 3.71. The lowest BCUT2D eigenvalue weighted by molar-refractivity contribution is -0.140. The molecule has 0 aliphatic carbocycles. The van der Waals surface area contributed by atoms with E-state index in [2.05, 4.69) is 14.9 Å². The van der Waals surface area contributed by atoms with Crippen molar-refractivity contribution in [1.29, 1.82) is 0 Å². The number of carbonyl (C=O) groups is 1. The second-order valence-electron chi connectivity index (χ2n) is 5.37. The maximum absolute atomic E-state index is 12.4. The van der Waals surface area contributed by atoms with Gasteiger partial charge in [-0.2, -0.15) is 0 Å². The molecule has 6 nitrogen and oxygen atoms in total. The number of hydrogen-bond donors (Lipinski definition) is 0. The topological polar surface area (TPSA) is 58.6 Å². The lowest BCUT2D eigenvalue weighted by Gasteiger charge is -2.42. The van der Waals surface area contributed by atoms with E-state index in [1.807, 2.05) is 16.3 Å². The minimum Gasteiger partial charge on any atom is -0.378 e. The van der Waals surface area contributed by atoms with Crippen LogP contribution in [0.5, 0.6) is 0 Å². The molecular weight excluding hydrogens is 288 g/mol. The largest absolute Gasteiger partial charge is 0.378 e. The summed E-state index contributed by atoms with van der Waals surface area (Å²) in [6, 6.07) is 2.00. The first-order chi connectivity index (χ1) is 10.3. The highest BCUT2D eigenvalue weighted by atomic mass is 32.1. The van der Waals surface area contributed by atoms with Crippen molar-refractivity contribution in [2.24, 2.45) is 5.92 Å². The highest BCUT2D eigenvalue weighted by molar-refractivity contribution is 7.17. The van der Waals surface area contributed by atoms with E-state index in [0.717, 1.165) is 42.2 Å². The molecule has 0 spiro atoms. The molecule has 4 heterocycles. The van der Waals surface area contributed by atoms with Crippen molar-refractivity contribution in [3.8, 4) is 0 Å². The molecule has 2 aromatic heterocycles. The number of nitrogens with zero attached hydrogens (tertiary/aromatic N) is 4. The van der Waals surface area contributed by atoms with Gasteiger partial charge in [-0.3, -0.25) is 4.79 Å². The number of thiophene rings is 1. The Morgan fingerprint density at radius 2 is 2.10 bits per heavy atom. The van der Waals surface area contributed by atoms with E-state index in [4.69, 9.17) is 4.74 Å². The normalized spacial score (nSPS) is 19.8. The number of carbonyl (C=O) groups excluding carboxylic acids is 1. The summed E-state index contributed by atoms with van der Waals surface area (Å²) in [6.07, 6.45) is 1.60. The highest BCUT2D eigenvalue weighted by Gasteiger charge is 2.37. The van der Waals surface area contributed by atoms with Crippen LogP contribution in [0.3, 0.4) is 0 Å². The first-order valence-electron chi connectivity index (χ1n) is 7.12. The molecular formula is C14H16N4O2S. The van der Waals surface area contributed by atoms with E-state index in [1.54, 1.807) is 17.7 Å². The number of ether oxygens (including phenoxy) is 1. The van der Waals surface area contributed by atoms with Crippen molar-refractivity contribution in [2.75, 3.05) is 44.3 Å².